The van der Waals surface area contributed by atoms with E-state index in [2.05, 4.69) is 25.1 Å². The maximum absolute atomic E-state index is 13.3. The van der Waals surface area contributed by atoms with Gasteiger partial charge in [0, 0.05) is 31.7 Å². The van der Waals surface area contributed by atoms with Crippen molar-refractivity contribution < 1.29 is 13.6 Å². The average Bonchev–Trinajstić information content (AvgIpc) is 3.61. The Balaban J connectivity index is 1.27. The lowest BCUT2D eigenvalue weighted by Crippen LogP contribution is -2.43. The number of likely N-dealkylation sites (N-methyl/N-ethyl adjacent to an activating group) is 1. The molecule has 2 aliphatic rings. The number of nitrogens with zero attached hydrogens (tertiary/aromatic N) is 6. The van der Waals surface area contributed by atoms with Gasteiger partial charge in [0.15, 0.2) is 5.82 Å². The van der Waals surface area contributed by atoms with E-state index in [0.29, 0.717) is 18.2 Å². The summed E-state index contributed by atoms with van der Waals surface area (Å²) >= 11 is 0. The van der Waals surface area contributed by atoms with Gasteiger partial charge in [0.25, 0.3) is 5.91 Å². The molecule has 1 amide bonds. The van der Waals surface area contributed by atoms with E-state index in [-0.39, 0.29) is 18.5 Å². The highest BCUT2D eigenvalue weighted by molar-refractivity contribution is 6.01. The van der Waals surface area contributed by atoms with Crippen LogP contribution in [-0.2, 0) is 4.79 Å². The maximum Gasteiger partial charge on any atom is 0.257 e. The minimum Gasteiger partial charge on any atom is -0.467 e. The second kappa shape index (κ2) is 8.96. The van der Waals surface area contributed by atoms with Gasteiger partial charge in [-0.2, -0.15) is 10.2 Å². The molecular formula is C23H26N6O3. The van der Waals surface area contributed by atoms with Crippen molar-refractivity contribution in [3.05, 3.63) is 66.6 Å². The van der Waals surface area contributed by atoms with E-state index in [1.807, 2.05) is 43.4 Å². The highest BCUT2D eigenvalue weighted by Gasteiger charge is 2.36. The zero-order valence-corrected chi connectivity index (χ0v) is 18.0. The molecule has 0 bridgehead atoms. The molecule has 0 aromatic carbocycles. The molecule has 5 rings (SSSR count). The Morgan fingerprint density at radius 3 is 2.81 bits per heavy atom. The minimum absolute atomic E-state index is 0.0699. The quantitative estimate of drug-likeness (QED) is 0.565. The molecule has 0 saturated carbocycles. The molecule has 3 aromatic heterocycles. The first-order valence-electron chi connectivity index (χ1n) is 10.9. The summed E-state index contributed by atoms with van der Waals surface area (Å²) < 4.78 is 11.1. The van der Waals surface area contributed by atoms with Crippen LogP contribution in [0, 0.1) is 0 Å². The van der Waals surface area contributed by atoms with Crippen LogP contribution in [0.15, 0.2) is 69.1 Å². The molecule has 9 heteroatoms. The van der Waals surface area contributed by atoms with Crippen molar-refractivity contribution in [1.29, 1.82) is 0 Å². The minimum atomic E-state index is -0.270. The van der Waals surface area contributed by atoms with E-state index in [9.17, 15) is 4.79 Å². The molecule has 0 aliphatic carbocycles. The predicted octanol–water partition coefficient (Wildman–Crippen LogP) is 2.94. The number of furan rings is 2. The van der Waals surface area contributed by atoms with E-state index in [0.717, 1.165) is 43.2 Å². The zero-order valence-electron chi connectivity index (χ0n) is 18.0. The Hall–Kier alpha value is -3.46. The van der Waals surface area contributed by atoms with Crippen LogP contribution in [0.4, 0.5) is 5.82 Å². The van der Waals surface area contributed by atoms with Crippen LogP contribution in [-0.4, -0.2) is 64.4 Å². The Bertz CT molecular complexity index is 1050. The highest BCUT2D eigenvalue weighted by Crippen LogP contribution is 2.33. The number of rotatable bonds is 7. The van der Waals surface area contributed by atoms with Crippen LogP contribution < -0.4 is 4.90 Å². The van der Waals surface area contributed by atoms with Crippen molar-refractivity contribution in [2.75, 3.05) is 31.6 Å². The van der Waals surface area contributed by atoms with Crippen molar-refractivity contribution in [3.63, 3.8) is 0 Å². The molecule has 0 spiro atoms. The van der Waals surface area contributed by atoms with Gasteiger partial charge >= 0.3 is 0 Å². The molecule has 1 fully saturated rings. The Morgan fingerprint density at radius 2 is 2.06 bits per heavy atom. The first kappa shape index (κ1) is 20.4. The van der Waals surface area contributed by atoms with Gasteiger partial charge in [-0.25, -0.2) is 5.01 Å². The Kier molecular flexibility index (Phi) is 5.72. The van der Waals surface area contributed by atoms with Crippen LogP contribution in [0.1, 0.15) is 36.8 Å². The van der Waals surface area contributed by atoms with Crippen molar-refractivity contribution >= 4 is 17.4 Å². The van der Waals surface area contributed by atoms with Gasteiger partial charge in [-0.05, 0) is 56.3 Å². The van der Waals surface area contributed by atoms with Gasteiger partial charge in [-0.15, -0.1) is 5.10 Å². The van der Waals surface area contributed by atoms with Gasteiger partial charge in [0.1, 0.15) is 23.3 Å². The molecule has 1 saturated heterocycles. The Morgan fingerprint density at radius 1 is 1.19 bits per heavy atom. The number of carbonyl (C=O) groups excluding carboxylic acids is 1. The third-order valence-electron chi connectivity index (χ3n) is 6.00. The van der Waals surface area contributed by atoms with Crippen LogP contribution in [0.5, 0.6) is 0 Å². The first-order valence-corrected chi connectivity index (χ1v) is 10.9. The molecule has 0 radical (unpaired) electrons. The standard InChI is InChI=1S/C23H26N6O3/c1-27(15-17-6-3-11-28(17)22-9-2-10-24-25-22)16-23(30)29-19(21-8-5-13-32-21)14-18(26-29)20-7-4-12-31-20/h2,4-5,7-10,12-13,17,19H,3,6,11,14-16H2,1H3. The lowest BCUT2D eigenvalue weighted by Gasteiger charge is -2.30. The van der Waals surface area contributed by atoms with Crippen molar-refractivity contribution in [2.24, 2.45) is 5.10 Å². The molecule has 2 atom stereocenters. The number of anilines is 1. The fourth-order valence-corrected chi connectivity index (χ4v) is 4.54. The molecule has 2 unspecified atom stereocenters. The summed E-state index contributed by atoms with van der Waals surface area (Å²) in [4.78, 5) is 17.6. The number of amides is 1. The molecule has 32 heavy (non-hydrogen) atoms. The van der Waals surface area contributed by atoms with Gasteiger partial charge in [0.05, 0.1) is 19.1 Å². The third kappa shape index (κ3) is 4.16. The topological polar surface area (TPSA) is 91.2 Å². The summed E-state index contributed by atoms with van der Waals surface area (Å²) in [6, 6.07) is 11.3. The number of aromatic nitrogens is 2. The molecule has 0 N–H and O–H groups in total. The van der Waals surface area contributed by atoms with E-state index < -0.39 is 0 Å². The number of carbonyl (C=O) groups is 1. The van der Waals surface area contributed by atoms with E-state index in [1.165, 1.54) is 0 Å². The summed E-state index contributed by atoms with van der Waals surface area (Å²) in [5, 5.41) is 14.4. The predicted molar refractivity (Wildman–Crippen MR) is 118 cm³/mol. The van der Waals surface area contributed by atoms with Crippen LogP contribution in [0.2, 0.25) is 0 Å². The van der Waals surface area contributed by atoms with Gasteiger partial charge in [0.2, 0.25) is 0 Å². The average molecular weight is 435 g/mol. The van der Waals surface area contributed by atoms with Crippen LogP contribution in [0.25, 0.3) is 0 Å². The maximum atomic E-state index is 13.3. The van der Waals surface area contributed by atoms with Gasteiger partial charge in [-0.3, -0.25) is 9.69 Å². The third-order valence-corrected chi connectivity index (χ3v) is 6.00. The molecule has 9 nitrogen and oxygen atoms in total. The molecule has 3 aromatic rings. The molecule has 5 heterocycles. The van der Waals surface area contributed by atoms with Gasteiger partial charge in [-0.1, -0.05) is 0 Å². The van der Waals surface area contributed by atoms with Crippen LogP contribution in [0.3, 0.4) is 0 Å². The Labute approximate surface area is 186 Å². The first-order chi connectivity index (χ1) is 15.7. The monoisotopic (exact) mass is 434 g/mol. The van der Waals surface area contributed by atoms with Crippen molar-refractivity contribution in [2.45, 2.75) is 31.3 Å². The fraction of sp³-hybridized carbons (Fsp3) is 0.391. The van der Waals surface area contributed by atoms with Crippen molar-refractivity contribution in [3.8, 4) is 0 Å². The summed E-state index contributed by atoms with van der Waals surface area (Å²) in [5.74, 6) is 2.21. The van der Waals surface area contributed by atoms with E-state index >= 15 is 0 Å². The fourth-order valence-electron chi connectivity index (χ4n) is 4.54. The molecule has 166 valence electrons. The lowest BCUT2D eigenvalue weighted by atomic mass is 10.1. The summed E-state index contributed by atoms with van der Waals surface area (Å²) in [6.45, 7) is 1.97. The SMILES string of the molecule is CN(CC(=O)N1N=C(c2ccco2)CC1c1ccco1)CC1CCCN1c1cccnn1. The summed E-state index contributed by atoms with van der Waals surface area (Å²) in [7, 11) is 1.97. The largest absolute Gasteiger partial charge is 0.467 e. The summed E-state index contributed by atoms with van der Waals surface area (Å²) in [5.41, 5.74) is 0.747. The van der Waals surface area contributed by atoms with Crippen molar-refractivity contribution in [1.82, 2.24) is 20.1 Å². The second-order valence-electron chi connectivity index (χ2n) is 8.27. The molecular weight excluding hydrogens is 408 g/mol. The van der Waals surface area contributed by atoms with E-state index in [4.69, 9.17) is 8.83 Å². The lowest BCUT2D eigenvalue weighted by molar-refractivity contribution is -0.134. The van der Waals surface area contributed by atoms with Gasteiger partial charge < -0.3 is 13.7 Å². The smallest absolute Gasteiger partial charge is 0.257 e. The number of hydrogen-bond donors (Lipinski definition) is 0. The number of hydrogen-bond acceptors (Lipinski definition) is 8. The van der Waals surface area contributed by atoms with E-state index in [1.54, 1.807) is 23.7 Å². The second-order valence-corrected chi connectivity index (χ2v) is 8.27. The highest BCUT2D eigenvalue weighted by atomic mass is 16.3. The zero-order chi connectivity index (χ0) is 21.9. The number of hydrazone groups is 1. The summed E-state index contributed by atoms with van der Waals surface area (Å²) in [6.07, 6.45) is 7.64. The normalized spacial score (nSPS) is 20.9. The molecule has 2 aliphatic heterocycles. The van der Waals surface area contributed by atoms with Crippen LogP contribution >= 0.6 is 0 Å².